The summed E-state index contributed by atoms with van der Waals surface area (Å²) in [4.78, 5) is 2.68. The molecule has 20 heavy (non-hydrogen) atoms. The molecule has 3 rings (SSSR count). The van der Waals surface area contributed by atoms with Gasteiger partial charge in [-0.3, -0.25) is 4.90 Å². The molecule has 1 heterocycles. The zero-order valence-electron chi connectivity index (χ0n) is 12.3. The number of nitrogens with one attached hydrogen (secondary N) is 1. The van der Waals surface area contributed by atoms with Gasteiger partial charge in [-0.2, -0.15) is 0 Å². The lowest BCUT2D eigenvalue weighted by Crippen LogP contribution is -2.39. The van der Waals surface area contributed by atoms with Crippen LogP contribution in [0.3, 0.4) is 0 Å². The Kier molecular flexibility index (Phi) is 4.93. The Morgan fingerprint density at radius 3 is 2.70 bits per heavy atom. The Morgan fingerprint density at radius 2 is 2.00 bits per heavy atom. The minimum atomic E-state index is 0.727. The number of para-hydroxylation sites is 1. The summed E-state index contributed by atoms with van der Waals surface area (Å²) in [6, 6.07) is 11.7. The molecule has 2 aliphatic rings. The fraction of sp³-hybridized carbons (Fsp3) is 0.647. The van der Waals surface area contributed by atoms with Crippen LogP contribution < -0.4 is 10.1 Å². The second kappa shape index (κ2) is 7.09. The summed E-state index contributed by atoms with van der Waals surface area (Å²) < 4.78 is 5.78. The van der Waals surface area contributed by atoms with Crippen molar-refractivity contribution in [3.05, 3.63) is 30.3 Å². The van der Waals surface area contributed by atoms with E-state index in [0.717, 1.165) is 30.9 Å². The highest BCUT2D eigenvalue weighted by Crippen LogP contribution is 2.27. The summed E-state index contributed by atoms with van der Waals surface area (Å²) >= 11 is 0. The molecule has 1 aromatic rings. The van der Waals surface area contributed by atoms with Crippen molar-refractivity contribution in [2.45, 2.75) is 44.2 Å². The SMILES string of the molecule is c1ccc(OCCCN(CC2CCCN2)C2CC2)cc1. The molecule has 1 aromatic carbocycles. The lowest BCUT2D eigenvalue weighted by atomic mass is 10.2. The highest BCUT2D eigenvalue weighted by molar-refractivity contribution is 5.20. The van der Waals surface area contributed by atoms with Crippen molar-refractivity contribution in [3.8, 4) is 5.75 Å². The van der Waals surface area contributed by atoms with Gasteiger partial charge in [-0.1, -0.05) is 18.2 Å². The van der Waals surface area contributed by atoms with Crippen molar-refractivity contribution in [1.29, 1.82) is 0 Å². The van der Waals surface area contributed by atoms with Gasteiger partial charge in [0, 0.05) is 25.2 Å². The van der Waals surface area contributed by atoms with Crippen molar-refractivity contribution in [3.63, 3.8) is 0 Å². The van der Waals surface area contributed by atoms with E-state index in [1.165, 1.54) is 45.3 Å². The maximum atomic E-state index is 5.78. The molecule has 1 aliphatic heterocycles. The van der Waals surface area contributed by atoms with Crippen molar-refractivity contribution in [2.24, 2.45) is 0 Å². The summed E-state index contributed by atoms with van der Waals surface area (Å²) in [5, 5.41) is 3.61. The average molecular weight is 274 g/mol. The Balaban J connectivity index is 1.36. The van der Waals surface area contributed by atoms with E-state index in [-0.39, 0.29) is 0 Å². The van der Waals surface area contributed by atoms with E-state index in [0.29, 0.717) is 0 Å². The highest BCUT2D eigenvalue weighted by Gasteiger charge is 2.30. The van der Waals surface area contributed by atoms with Gasteiger partial charge < -0.3 is 10.1 Å². The molecule has 0 spiro atoms. The molecular formula is C17H26N2O. The van der Waals surface area contributed by atoms with Crippen LogP contribution in [-0.4, -0.2) is 43.2 Å². The minimum Gasteiger partial charge on any atom is -0.494 e. The number of nitrogens with zero attached hydrogens (tertiary/aromatic N) is 1. The van der Waals surface area contributed by atoms with Gasteiger partial charge in [-0.05, 0) is 50.8 Å². The molecule has 0 amide bonds. The first-order chi connectivity index (χ1) is 9.92. The van der Waals surface area contributed by atoms with Gasteiger partial charge in [0.05, 0.1) is 6.61 Å². The Hall–Kier alpha value is -1.06. The fourth-order valence-corrected chi connectivity index (χ4v) is 3.03. The quantitative estimate of drug-likeness (QED) is 0.738. The van der Waals surface area contributed by atoms with Crippen molar-refractivity contribution in [2.75, 3.05) is 26.2 Å². The molecule has 1 aliphatic carbocycles. The summed E-state index contributed by atoms with van der Waals surface area (Å²) in [5.74, 6) is 0.989. The predicted octanol–water partition coefficient (Wildman–Crippen LogP) is 2.67. The summed E-state index contributed by atoms with van der Waals surface area (Å²) in [5.41, 5.74) is 0. The molecule has 1 unspecified atom stereocenters. The van der Waals surface area contributed by atoms with Gasteiger partial charge >= 0.3 is 0 Å². The van der Waals surface area contributed by atoms with E-state index in [2.05, 4.69) is 10.2 Å². The maximum Gasteiger partial charge on any atom is 0.119 e. The summed E-state index contributed by atoms with van der Waals surface area (Å²) in [6.07, 6.45) is 6.61. The molecular weight excluding hydrogens is 248 g/mol. The van der Waals surface area contributed by atoms with Crippen LogP contribution in [0.2, 0.25) is 0 Å². The molecule has 0 radical (unpaired) electrons. The Morgan fingerprint density at radius 1 is 1.15 bits per heavy atom. The number of rotatable bonds is 8. The molecule has 0 aromatic heterocycles. The number of ether oxygens (including phenoxy) is 1. The smallest absolute Gasteiger partial charge is 0.119 e. The van der Waals surface area contributed by atoms with Gasteiger partial charge in [-0.25, -0.2) is 0 Å². The van der Waals surface area contributed by atoms with Gasteiger partial charge in [-0.15, -0.1) is 0 Å². The normalized spacial score (nSPS) is 22.4. The topological polar surface area (TPSA) is 24.5 Å². The second-order valence-corrected chi connectivity index (χ2v) is 6.03. The van der Waals surface area contributed by atoms with Crippen LogP contribution in [0.15, 0.2) is 30.3 Å². The lowest BCUT2D eigenvalue weighted by Gasteiger charge is -2.25. The first kappa shape index (κ1) is 13.9. The zero-order valence-corrected chi connectivity index (χ0v) is 12.3. The molecule has 1 atom stereocenters. The number of hydrogen-bond donors (Lipinski definition) is 1. The number of benzene rings is 1. The molecule has 2 fully saturated rings. The minimum absolute atomic E-state index is 0.727. The van der Waals surface area contributed by atoms with Crippen molar-refractivity contribution < 1.29 is 4.74 Å². The van der Waals surface area contributed by atoms with Crippen LogP contribution >= 0.6 is 0 Å². The third-order valence-corrected chi connectivity index (χ3v) is 4.28. The average Bonchev–Trinajstić information content (AvgIpc) is 3.21. The van der Waals surface area contributed by atoms with Crippen LogP contribution in [0, 0.1) is 0 Å². The molecule has 1 N–H and O–H groups in total. The van der Waals surface area contributed by atoms with Crippen LogP contribution in [-0.2, 0) is 0 Å². The first-order valence-corrected chi connectivity index (χ1v) is 8.07. The Bertz CT molecular complexity index is 385. The fourth-order valence-electron chi connectivity index (χ4n) is 3.03. The van der Waals surface area contributed by atoms with Gasteiger partial charge in [0.2, 0.25) is 0 Å². The van der Waals surface area contributed by atoms with E-state index in [4.69, 9.17) is 4.74 Å². The molecule has 1 saturated heterocycles. The standard InChI is InChI=1S/C17H26N2O/c1-2-7-17(8-3-1)20-13-5-12-19(16-9-10-16)14-15-6-4-11-18-15/h1-3,7-8,15-16,18H,4-6,9-14H2. The van der Waals surface area contributed by atoms with Crippen LogP contribution in [0.1, 0.15) is 32.1 Å². The Labute approximate surface area is 122 Å². The summed E-state index contributed by atoms with van der Waals surface area (Å²) in [6.45, 7) is 4.44. The largest absolute Gasteiger partial charge is 0.494 e. The zero-order chi connectivity index (χ0) is 13.6. The van der Waals surface area contributed by atoms with E-state index in [1.54, 1.807) is 0 Å². The molecule has 1 saturated carbocycles. The van der Waals surface area contributed by atoms with Crippen LogP contribution in [0.4, 0.5) is 0 Å². The second-order valence-electron chi connectivity index (χ2n) is 6.03. The third-order valence-electron chi connectivity index (χ3n) is 4.28. The third kappa shape index (κ3) is 4.22. The van der Waals surface area contributed by atoms with E-state index in [1.807, 2.05) is 30.3 Å². The first-order valence-electron chi connectivity index (χ1n) is 8.07. The number of hydrogen-bond acceptors (Lipinski definition) is 3. The molecule has 0 bridgehead atoms. The van der Waals surface area contributed by atoms with Crippen molar-refractivity contribution >= 4 is 0 Å². The molecule has 3 heteroatoms. The van der Waals surface area contributed by atoms with E-state index in [9.17, 15) is 0 Å². The predicted molar refractivity (Wildman–Crippen MR) is 82.2 cm³/mol. The maximum absolute atomic E-state index is 5.78. The highest BCUT2D eigenvalue weighted by atomic mass is 16.5. The van der Waals surface area contributed by atoms with Crippen LogP contribution in [0.25, 0.3) is 0 Å². The monoisotopic (exact) mass is 274 g/mol. The van der Waals surface area contributed by atoms with Gasteiger partial charge in [0.25, 0.3) is 0 Å². The molecule has 110 valence electrons. The van der Waals surface area contributed by atoms with Crippen molar-refractivity contribution in [1.82, 2.24) is 10.2 Å². The van der Waals surface area contributed by atoms with Gasteiger partial charge in [0.1, 0.15) is 5.75 Å². The van der Waals surface area contributed by atoms with Crippen LogP contribution in [0.5, 0.6) is 5.75 Å². The van der Waals surface area contributed by atoms with Gasteiger partial charge in [0.15, 0.2) is 0 Å². The lowest BCUT2D eigenvalue weighted by molar-refractivity contribution is 0.212. The van der Waals surface area contributed by atoms with E-state index >= 15 is 0 Å². The van der Waals surface area contributed by atoms with E-state index < -0.39 is 0 Å². The molecule has 3 nitrogen and oxygen atoms in total. The summed E-state index contributed by atoms with van der Waals surface area (Å²) in [7, 11) is 0.